The Kier molecular flexibility index (Phi) is 1160. The number of hydrogen-bond acceptors (Lipinski definition) is 0. The molecule has 0 amide bonds. The van der Waals surface area contributed by atoms with Gasteiger partial charge in [-0.3, -0.25) is 0 Å². The summed E-state index contributed by atoms with van der Waals surface area (Å²) in [6.45, 7) is 0. The summed E-state index contributed by atoms with van der Waals surface area (Å²) < 4.78 is 0. The molecule has 0 aliphatic carbocycles. The summed E-state index contributed by atoms with van der Waals surface area (Å²) in [6, 6.07) is 0. The minimum atomic E-state index is 0. The van der Waals surface area contributed by atoms with Gasteiger partial charge in [0.15, 0.2) is 0 Å². The molecule has 0 nitrogen and oxygen atoms in total. The van der Waals surface area contributed by atoms with Crippen LogP contribution in [0.15, 0.2) is 0 Å². The minimum absolute atomic E-state index is 0. The molecule has 0 fully saturated rings. The van der Waals surface area contributed by atoms with Gasteiger partial charge in [0.2, 0.25) is 0 Å². The molecule has 0 aliphatic rings. The Morgan fingerprint density at radius 1 is 0.200 bits per heavy atom. The van der Waals surface area contributed by atoms with Gasteiger partial charge in [-0.1, -0.05) is 0 Å². The maximum atomic E-state index is 0. The van der Waals surface area contributed by atoms with Gasteiger partial charge in [-0.25, -0.2) is 0 Å². The van der Waals surface area contributed by atoms with E-state index >= 15 is 0 Å². The molecule has 0 aromatic carbocycles. The summed E-state index contributed by atoms with van der Waals surface area (Å²) in [5.74, 6) is 0. The molecule has 15 heteroatoms. The third kappa shape index (κ3) is 114. The second-order valence-corrected chi connectivity index (χ2v) is 0. The van der Waals surface area contributed by atoms with Crippen molar-refractivity contribution < 1.29 is 286 Å². The Balaban J connectivity index is 0. The van der Waals surface area contributed by atoms with Gasteiger partial charge in [0.25, 0.3) is 0 Å². The predicted octanol–water partition coefficient (Wildman–Crippen LogP) is -37.1. The fraction of sp³-hybridized carbons (Fsp3) is 0. The van der Waals surface area contributed by atoms with E-state index in [1.165, 1.54) is 0 Å². The van der Waals surface area contributed by atoms with Crippen LogP contribution in [0.3, 0.4) is 0 Å². The Morgan fingerprint density at radius 2 is 0.200 bits per heavy atom. The van der Waals surface area contributed by atoms with Gasteiger partial charge in [0.1, 0.15) is 0 Å². The molecule has 0 radical (unpaired) electrons. The molecular formula is Cl9Mg3Rb3. The molecule has 0 heterocycles. The van der Waals surface area contributed by atoms with Gasteiger partial charge in [0.05, 0.1) is 0 Å². The quantitative estimate of drug-likeness (QED) is 0.229. The number of hydrogen-bond donors (Lipinski definition) is 0. The summed E-state index contributed by atoms with van der Waals surface area (Å²) >= 11 is 0. The van der Waals surface area contributed by atoms with E-state index in [4.69, 9.17) is 0 Å². The molecule has 0 bridgehead atoms. The molecule has 0 spiro atoms. The van der Waals surface area contributed by atoms with Crippen LogP contribution in [0.5, 0.6) is 0 Å². The zero-order valence-electron chi connectivity index (χ0n) is 8.52. The summed E-state index contributed by atoms with van der Waals surface area (Å²) in [4.78, 5) is 0. The first-order valence-corrected chi connectivity index (χ1v) is 0. The van der Waals surface area contributed by atoms with E-state index in [-0.39, 0.29) is 355 Å². The van der Waals surface area contributed by atoms with Gasteiger partial charge in [0, 0.05) is 0 Å². The van der Waals surface area contributed by atoms with Crippen LogP contribution in [0.4, 0.5) is 0 Å². The Hall–Kier alpha value is 10.3. The minimum Gasteiger partial charge on any atom is -1.00 e. The molecule has 72 valence electrons. The Bertz CT molecular complexity index is 20.6. The fourth-order valence-electron chi connectivity index (χ4n) is 0. The van der Waals surface area contributed by atoms with Crippen molar-refractivity contribution in [3.8, 4) is 0 Å². The van der Waals surface area contributed by atoms with Gasteiger partial charge < -0.3 is 112 Å². The topological polar surface area (TPSA) is 0 Å². The molecule has 0 aromatic heterocycles. The average Bonchev–Trinajstić information content (AvgIpc) is 0. The molecule has 0 aromatic rings. The zero-order chi connectivity index (χ0) is 0. The van der Waals surface area contributed by atoms with E-state index in [9.17, 15) is 0 Å². The molecule has 0 rings (SSSR count). The van der Waals surface area contributed by atoms with E-state index < -0.39 is 0 Å². The van der Waals surface area contributed by atoms with E-state index in [0.717, 1.165) is 0 Å². The molecule has 0 saturated heterocycles. The maximum absolute atomic E-state index is 0. The molecular weight excluding hydrogens is 648 g/mol. The molecule has 15 heavy (non-hydrogen) atoms. The molecule has 0 saturated carbocycles. The summed E-state index contributed by atoms with van der Waals surface area (Å²) in [5.41, 5.74) is 0. The van der Waals surface area contributed by atoms with Crippen LogP contribution >= 0.6 is 0 Å². The average molecular weight is 648 g/mol. The van der Waals surface area contributed by atoms with Crippen molar-refractivity contribution in [1.82, 2.24) is 0 Å². The van der Waals surface area contributed by atoms with Crippen LogP contribution in [-0.2, 0) is 0 Å². The summed E-state index contributed by atoms with van der Waals surface area (Å²) in [6.07, 6.45) is 0. The van der Waals surface area contributed by atoms with Crippen LogP contribution in [0.2, 0.25) is 0 Å². The first kappa shape index (κ1) is 141. The third-order valence-electron chi connectivity index (χ3n) is 0. The standard InChI is InChI=1S/9ClH.3Mg.3Rb/h9*1H;;;;;;/q;;;;;;;;;3*+2;3*+1/p-9. The Labute approximate surface area is 343 Å². The van der Waals surface area contributed by atoms with Crippen LogP contribution in [-0.4, -0.2) is 69.2 Å². The maximum Gasteiger partial charge on any atom is 2.00 e. The van der Waals surface area contributed by atoms with Gasteiger partial charge in [-0.15, -0.1) is 0 Å². The summed E-state index contributed by atoms with van der Waals surface area (Å²) in [7, 11) is 0. The first-order valence-electron chi connectivity index (χ1n) is 0. The van der Waals surface area contributed by atoms with Gasteiger partial charge in [-0.05, 0) is 0 Å². The van der Waals surface area contributed by atoms with E-state index in [1.807, 2.05) is 0 Å². The normalized spacial score (nSPS) is 0. The van der Waals surface area contributed by atoms with Gasteiger partial charge >= 0.3 is 244 Å². The van der Waals surface area contributed by atoms with Crippen LogP contribution in [0, 0.1) is 0 Å². The first-order chi connectivity index (χ1) is 0. The van der Waals surface area contributed by atoms with Crippen LogP contribution in [0.1, 0.15) is 0 Å². The van der Waals surface area contributed by atoms with Gasteiger partial charge in [-0.2, -0.15) is 0 Å². The van der Waals surface area contributed by atoms with Crippen molar-refractivity contribution in [1.29, 1.82) is 0 Å². The van der Waals surface area contributed by atoms with E-state index in [0.29, 0.717) is 0 Å². The van der Waals surface area contributed by atoms with Crippen molar-refractivity contribution in [2.75, 3.05) is 0 Å². The van der Waals surface area contributed by atoms with Crippen molar-refractivity contribution in [3.63, 3.8) is 0 Å². The second-order valence-electron chi connectivity index (χ2n) is 0. The molecule has 0 atom stereocenters. The summed E-state index contributed by atoms with van der Waals surface area (Å²) in [5, 5.41) is 0. The fourth-order valence-corrected chi connectivity index (χ4v) is 0. The number of halogens is 9. The second kappa shape index (κ2) is 124. The van der Waals surface area contributed by atoms with E-state index in [1.54, 1.807) is 0 Å². The van der Waals surface area contributed by atoms with E-state index in [2.05, 4.69) is 0 Å². The third-order valence-corrected chi connectivity index (χ3v) is 0. The molecule has 0 unspecified atom stereocenters. The van der Waals surface area contributed by atoms with Crippen molar-refractivity contribution in [2.24, 2.45) is 0 Å². The number of rotatable bonds is 0. The zero-order valence-corrected chi connectivity index (χ0v) is 34.3. The molecule has 0 N–H and O–H groups in total. The van der Waals surface area contributed by atoms with Crippen molar-refractivity contribution in [2.45, 2.75) is 0 Å². The SMILES string of the molecule is [Cl-].[Cl-].[Cl-].[Cl-].[Cl-].[Cl-].[Cl-].[Cl-].[Cl-].[Mg+2].[Mg+2].[Mg+2].[Rb+].[Rb+].[Rb+]. The van der Waals surface area contributed by atoms with Crippen LogP contribution < -0.4 is 286 Å². The monoisotopic (exact) mass is 641 g/mol. The van der Waals surface area contributed by atoms with Crippen molar-refractivity contribution in [3.05, 3.63) is 0 Å². The van der Waals surface area contributed by atoms with Crippen molar-refractivity contribution >= 4 is 69.2 Å². The van der Waals surface area contributed by atoms with Crippen LogP contribution in [0.25, 0.3) is 0 Å². The Morgan fingerprint density at radius 3 is 0.200 bits per heavy atom. The largest absolute Gasteiger partial charge is 2.00 e. The molecule has 0 aliphatic heterocycles. The smallest absolute Gasteiger partial charge is 1.00 e. The predicted molar refractivity (Wildman–Crippen MR) is 17.3 cm³/mol.